The lowest BCUT2D eigenvalue weighted by atomic mass is 10.2. The summed E-state index contributed by atoms with van der Waals surface area (Å²) in [6.45, 7) is 4.56. The number of unbranched alkanes of at least 4 members (excludes halogenated alkanes) is 1. The van der Waals surface area contributed by atoms with Crippen LogP contribution in [0, 0.1) is 0 Å². The van der Waals surface area contributed by atoms with E-state index < -0.39 is 5.97 Å². The molecule has 0 atom stereocenters. The molecule has 0 aromatic heterocycles. The Labute approximate surface area is 125 Å². The summed E-state index contributed by atoms with van der Waals surface area (Å²) in [5.41, 5.74) is 0. The van der Waals surface area contributed by atoms with Crippen molar-refractivity contribution in [2.45, 2.75) is 45.4 Å². The molecule has 0 aliphatic heterocycles. The van der Waals surface area contributed by atoms with Crippen molar-refractivity contribution in [2.75, 3.05) is 26.2 Å². The van der Waals surface area contributed by atoms with Crippen LogP contribution in [-0.2, 0) is 14.4 Å². The van der Waals surface area contributed by atoms with Gasteiger partial charge in [-0.3, -0.25) is 14.4 Å². The maximum atomic E-state index is 11.3. The number of carbonyl (C=O) groups excluding carboxylic acids is 2. The number of nitrogens with one attached hydrogen (secondary N) is 3. The summed E-state index contributed by atoms with van der Waals surface area (Å²) in [4.78, 5) is 32.2. The standard InChI is InChI=1S/C14H27N3O4/c1-12(18)16-11-5-9-15-8-2-3-10-17-13(19)6-4-7-14(20)21/h15H,2-11H2,1H3,(H,16,18)(H,17,19)(H,20,21). The van der Waals surface area contributed by atoms with Crippen molar-refractivity contribution in [1.82, 2.24) is 16.0 Å². The zero-order valence-corrected chi connectivity index (χ0v) is 12.7. The first-order valence-corrected chi connectivity index (χ1v) is 7.46. The molecular weight excluding hydrogens is 274 g/mol. The van der Waals surface area contributed by atoms with Gasteiger partial charge in [-0.15, -0.1) is 0 Å². The van der Waals surface area contributed by atoms with Gasteiger partial charge in [-0.2, -0.15) is 0 Å². The number of carbonyl (C=O) groups is 3. The number of aliphatic carboxylic acids is 1. The Balaban J connectivity index is 3.19. The first-order chi connectivity index (χ1) is 10.0. The van der Waals surface area contributed by atoms with E-state index in [9.17, 15) is 14.4 Å². The highest BCUT2D eigenvalue weighted by molar-refractivity contribution is 5.76. The number of rotatable bonds is 13. The van der Waals surface area contributed by atoms with Crippen LogP contribution in [0.1, 0.15) is 45.4 Å². The highest BCUT2D eigenvalue weighted by atomic mass is 16.4. The van der Waals surface area contributed by atoms with Crippen molar-refractivity contribution in [1.29, 1.82) is 0 Å². The third kappa shape index (κ3) is 16.3. The van der Waals surface area contributed by atoms with Gasteiger partial charge in [-0.05, 0) is 38.8 Å². The van der Waals surface area contributed by atoms with E-state index in [1.54, 1.807) is 0 Å². The zero-order chi connectivity index (χ0) is 15.9. The summed E-state index contributed by atoms with van der Waals surface area (Å²) >= 11 is 0. The lowest BCUT2D eigenvalue weighted by molar-refractivity contribution is -0.137. The Bertz CT molecular complexity index is 321. The van der Waals surface area contributed by atoms with Gasteiger partial charge in [0.15, 0.2) is 0 Å². The molecule has 0 saturated carbocycles. The van der Waals surface area contributed by atoms with Gasteiger partial charge >= 0.3 is 5.97 Å². The Kier molecular flexibility index (Phi) is 12.3. The van der Waals surface area contributed by atoms with Crippen molar-refractivity contribution in [3.8, 4) is 0 Å². The third-order valence-electron chi connectivity index (χ3n) is 2.80. The van der Waals surface area contributed by atoms with Crippen molar-refractivity contribution in [2.24, 2.45) is 0 Å². The van der Waals surface area contributed by atoms with Crippen LogP contribution in [0.15, 0.2) is 0 Å². The molecule has 0 spiro atoms. The van der Waals surface area contributed by atoms with Gasteiger partial charge < -0.3 is 21.1 Å². The van der Waals surface area contributed by atoms with E-state index >= 15 is 0 Å². The Hall–Kier alpha value is -1.63. The molecule has 0 aromatic carbocycles. The maximum Gasteiger partial charge on any atom is 0.303 e. The molecule has 2 amide bonds. The van der Waals surface area contributed by atoms with E-state index in [0.29, 0.717) is 19.5 Å². The summed E-state index contributed by atoms with van der Waals surface area (Å²) in [5.74, 6) is -0.957. The van der Waals surface area contributed by atoms with Gasteiger partial charge in [-0.1, -0.05) is 0 Å². The molecule has 122 valence electrons. The van der Waals surface area contributed by atoms with Gasteiger partial charge in [0.25, 0.3) is 0 Å². The minimum absolute atomic E-state index is 0.00547. The quantitative estimate of drug-likeness (QED) is 0.365. The molecule has 0 bridgehead atoms. The summed E-state index contributed by atoms with van der Waals surface area (Å²) in [6.07, 6.45) is 3.46. The van der Waals surface area contributed by atoms with Crippen LogP contribution in [0.4, 0.5) is 0 Å². The van der Waals surface area contributed by atoms with E-state index in [1.165, 1.54) is 6.92 Å². The van der Waals surface area contributed by atoms with Crippen LogP contribution in [0.25, 0.3) is 0 Å². The van der Waals surface area contributed by atoms with Gasteiger partial charge in [0.05, 0.1) is 0 Å². The first kappa shape index (κ1) is 19.4. The highest BCUT2D eigenvalue weighted by Crippen LogP contribution is 1.95. The van der Waals surface area contributed by atoms with Gasteiger partial charge in [-0.25, -0.2) is 0 Å². The average Bonchev–Trinajstić information content (AvgIpc) is 2.40. The highest BCUT2D eigenvalue weighted by Gasteiger charge is 2.02. The predicted molar refractivity (Wildman–Crippen MR) is 79.9 cm³/mol. The predicted octanol–water partition coefficient (Wildman–Crippen LogP) is 0.254. The molecule has 0 rings (SSSR count). The topological polar surface area (TPSA) is 108 Å². The second kappa shape index (κ2) is 13.4. The zero-order valence-electron chi connectivity index (χ0n) is 12.7. The normalized spacial score (nSPS) is 10.1. The van der Waals surface area contributed by atoms with Crippen LogP contribution in [0.2, 0.25) is 0 Å². The summed E-state index contributed by atoms with van der Waals surface area (Å²) in [6, 6.07) is 0. The average molecular weight is 301 g/mol. The second-order valence-electron chi connectivity index (χ2n) is 4.89. The molecule has 7 nitrogen and oxygen atoms in total. The van der Waals surface area contributed by atoms with Crippen LogP contribution in [0.5, 0.6) is 0 Å². The largest absolute Gasteiger partial charge is 0.481 e. The Morgan fingerprint density at radius 1 is 0.810 bits per heavy atom. The second-order valence-corrected chi connectivity index (χ2v) is 4.89. The minimum atomic E-state index is -0.868. The van der Waals surface area contributed by atoms with Gasteiger partial charge in [0.1, 0.15) is 0 Å². The number of hydrogen-bond donors (Lipinski definition) is 4. The molecule has 0 unspecified atom stereocenters. The molecule has 0 fully saturated rings. The van der Waals surface area contributed by atoms with Crippen LogP contribution >= 0.6 is 0 Å². The summed E-state index contributed by atoms with van der Waals surface area (Å²) in [7, 11) is 0. The maximum absolute atomic E-state index is 11.3. The lowest BCUT2D eigenvalue weighted by Crippen LogP contribution is -2.27. The molecule has 21 heavy (non-hydrogen) atoms. The van der Waals surface area contributed by atoms with E-state index in [2.05, 4.69) is 16.0 Å². The summed E-state index contributed by atoms with van der Waals surface area (Å²) in [5, 5.41) is 17.2. The fourth-order valence-corrected chi connectivity index (χ4v) is 1.69. The monoisotopic (exact) mass is 301 g/mol. The van der Waals surface area contributed by atoms with Gasteiger partial charge in [0.2, 0.25) is 11.8 Å². The van der Waals surface area contributed by atoms with Gasteiger partial charge in [0, 0.05) is 32.9 Å². The first-order valence-electron chi connectivity index (χ1n) is 7.46. The molecule has 4 N–H and O–H groups in total. The van der Waals surface area contributed by atoms with Crippen molar-refractivity contribution in [3.63, 3.8) is 0 Å². The van der Waals surface area contributed by atoms with E-state index in [-0.39, 0.29) is 24.7 Å². The SMILES string of the molecule is CC(=O)NCCCNCCCCNC(=O)CCCC(=O)O. The molecular formula is C14H27N3O4. The van der Waals surface area contributed by atoms with E-state index in [4.69, 9.17) is 5.11 Å². The van der Waals surface area contributed by atoms with Crippen molar-refractivity contribution < 1.29 is 19.5 Å². The smallest absolute Gasteiger partial charge is 0.303 e. The molecule has 0 saturated heterocycles. The molecule has 0 aliphatic rings. The number of carboxylic acid groups (broad SMARTS) is 1. The molecule has 0 radical (unpaired) electrons. The number of carboxylic acids is 1. The van der Waals surface area contributed by atoms with Crippen molar-refractivity contribution >= 4 is 17.8 Å². The fourth-order valence-electron chi connectivity index (χ4n) is 1.69. The van der Waals surface area contributed by atoms with Crippen molar-refractivity contribution in [3.05, 3.63) is 0 Å². The van der Waals surface area contributed by atoms with E-state index in [0.717, 1.165) is 32.4 Å². The summed E-state index contributed by atoms with van der Waals surface area (Å²) < 4.78 is 0. The van der Waals surface area contributed by atoms with Crippen LogP contribution in [0.3, 0.4) is 0 Å². The molecule has 0 aliphatic carbocycles. The van der Waals surface area contributed by atoms with E-state index in [1.807, 2.05) is 0 Å². The molecule has 7 heteroatoms. The minimum Gasteiger partial charge on any atom is -0.481 e. The number of hydrogen-bond acceptors (Lipinski definition) is 4. The fraction of sp³-hybridized carbons (Fsp3) is 0.786. The molecule has 0 aromatic rings. The number of amides is 2. The molecule has 0 heterocycles. The Morgan fingerprint density at radius 2 is 1.43 bits per heavy atom. The Morgan fingerprint density at radius 3 is 2.10 bits per heavy atom. The lowest BCUT2D eigenvalue weighted by Gasteiger charge is -2.06. The third-order valence-corrected chi connectivity index (χ3v) is 2.80. The van der Waals surface area contributed by atoms with Crippen LogP contribution in [-0.4, -0.2) is 49.1 Å². The van der Waals surface area contributed by atoms with Crippen LogP contribution < -0.4 is 16.0 Å².